The summed E-state index contributed by atoms with van der Waals surface area (Å²) < 4.78 is 0. The largest absolute Gasteiger partial charge is 0.325 e. The Bertz CT molecular complexity index is 371. The minimum absolute atomic E-state index is 0.0362. The summed E-state index contributed by atoms with van der Waals surface area (Å²) in [5.74, 6) is -0.0362. The van der Waals surface area contributed by atoms with Gasteiger partial charge in [0.1, 0.15) is 0 Å². The highest BCUT2D eigenvalue weighted by Crippen LogP contribution is 2.14. The van der Waals surface area contributed by atoms with Gasteiger partial charge in [-0.2, -0.15) is 0 Å². The van der Waals surface area contributed by atoms with Gasteiger partial charge in [0.25, 0.3) is 0 Å². The quantitative estimate of drug-likeness (QED) is 0.808. The Balaban J connectivity index is 2.39. The number of anilines is 1. The van der Waals surface area contributed by atoms with Crippen LogP contribution in [-0.4, -0.2) is 44.5 Å². The minimum Gasteiger partial charge on any atom is -0.325 e. The Morgan fingerprint density at radius 2 is 2.24 bits per heavy atom. The van der Waals surface area contributed by atoms with E-state index in [-0.39, 0.29) is 5.91 Å². The molecule has 4 nitrogen and oxygen atoms in total. The van der Waals surface area contributed by atoms with Crippen molar-refractivity contribution in [3.8, 4) is 0 Å². The number of nitrogens with zero attached hydrogens (tertiary/aromatic N) is 1. The van der Waals surface area contributed by atoms with E-state index in [1.54, 1.807) is 12.1 Å². The normalized spacial score (nSPS) is 10.6. The molecule has 0 aliphatic carbocycles. The van der Waals surface area contributed by atoms with E-state index >= 15 is 0 Å². The molecule has 0 aliphatic heterocycles. The molecule has 0 aromatic heterocycles. The first-order valence-electron chi connectivity index (χ1n) is 5.50. The topological polar surface area (TPSA) is 44.4 Å². The van der Waals surface area contributed by atoms with Crippen LogP contribution < -0.4 is 10.6 Å². The van der Waals surface area contributed by atoms with E-state index in [0.29, 0.717) is 11.6 Å². The second-order valence-electron chi connectivity index (χ2n) is 3.90. The molecule has 0 saturated heterocycles. The van der Waals surface area contributed by atoms with Crippen LogP contribution in [0.5, 0.6) is 0 Å². The lowest BCUT2D eigenvalue weighted by Gasteiger charge is -2.15. The summed E-state index contributed by atoms with van der Waals surface area (Å²) in [6.45, 7) is 2.06. The molecule has 1 aromatic carbocycles. The second-order valence-corrected chi connectivity index (χ2v) is 4.34. The second kappa shape index (κ2) is 7.27. The number of amides is 1. The fourth-order valence-corrected chi connectivity index (χ4v) is 1.58. The molecule has 0 atom stereocenters. The van der Waals surface area contributed by atoms with Crippen molar-refractivity contribution in [3.05, 3.63) is 29.3 Å². The Morgan fingerprint density at radius 1 is 1.47 bits per heavy atom. The van der Waals surface area contributed by atoms with Crippen molar-refractivity contribution in [2.45, 2.75) is 0 Å². The van der Waals surface area contributed by atoms with Gasteiger partial charge >= 0.3 is 0 Å². The maximum atomic E-state index is 11.7. The van der Waals surface area contributed by atoms with Crippen LogP contribution in [0.2, 0.25) is 5.02 Å². The van der Waals surface area contributed by atoms with Crippen LogP contribution in [-0.2, 0) is 4.79 Å². The zero-order chi connectivity index (χ0) is 12.7. The molecular weight excluding hydrogens is 238 g/mol. The Kier molecular flexibility index (Phi) is 5.97. The van der Waals surface area contributed by atoms with Gasteiger partial charge in [0.05, 0.1) is 6.54 Å². The number of rotatable bonds is 6. The van der Waals surface area contributed by atoms with Gasteiger partial charge in [-0.15, -0.1) is 0 Å². The van der Waals surface area contributed by atoms with E-state index in [1.165, 1.54) is 0 Å². The van der Waals surface area contributed by atoms with Crippen LogP contribution in [0.3, 0.4) is 0 Å². The molecule has 5 heteroatoms. The van der Waals surface area contributed by atoms with Crippen LogP contribution >= 0.6 is 11.6 Å². The summed E-state index contributed by atoms with van der Waals surface area (Å²) >= 11 is 5.83. The summed E-state index contributed by atoms with van der Waals surface area (Å²) in [5.41, 5.74) is 0.726. The number of benzene rings is 1. The highest BCUT2D eigenvalue weighted by atomic mass is 35.5. The van der Waals surface area contributed by atoms with Crippen molar-refractivity contribution in [2.75, 3.05) is 39.0 Å². The predicted molar refractivity (Wildman–Crippen MR) is 71.5 cm³/mol. The molecule has 1 amide bonds. The van der Waals surface area contributed by atoms with Crippen LogP contribution in [0.1, 0.15) is 0 Å². The zero-order valence-corrected chi connectivity index (χ0v) is 10.9. The molecule has 0 spiro atoms. The summed E-state index contributed by atoms with van der Waals surface area (Å²) in [5, 5.41) is 6.46. The molecule has 0 radical (unpaired) electrons. The first-order chi connectivity index (χ1) is 8.11. The number of hydrogen-bond acceptors (Lipinski definition) is 3. The van der Waals surface area contributed by atoms with Crippen LogP contribution in [0, 0.1) is 0 Å². The lowest BCUT2D eigenvalue weighted by molar-refractivity contribution is -0.117. The number of halogens is 1. The summed E-state index contributed by atoms with van der Waals surface area (Å²) in [6.07, 6.45) is 0. The smallest absolute Gasteiger partial charge is 0.238 e. The van der Waals surface area contributed by atoms with Crippen LogP contribution in [0.4, 0.5) is 5.69 Å². The molecule has 2 N–H and O–H groups in total. The third kappa shape index (κ3) is 5.68. The lowest BCUT2D eigenvalue weighted by Crippen LogP contribution is -2.34. The number of carbonyl (C=O) groups excluding carboxylic acids is 1. The SMILES string of the molecule is CNCCN(C)CC(=O)Nc1cccc(Cl)c1. The fraction of sp³-hybridized carbons (Fsp3) is 0.417. The first-order valence-corrected chi connectivity index (χ1v) is 5.88. The molecule has 0 unspecified atom stereocenters. The summed E-state index contributed by atoms with van der Waals surface area (Å²) in [7, 11) is 3.80. The van der Waals surface area contributed by atoms with Gasteiger partial charge in [0.15, 0.2) is 0 Å². The van der Waals surface area contributed by atoms with E-state index in [4.69, 9.17) is 11.6 Å². The van der Waals surface area contributed by atoms with Crippen molar-refractivity contribution < 1.29 is 4.79 Å². The molecule has 17 heavy (non-hydrogen) atoms. The molecule has 0 saturated carbocycles. The number of likely N-dealkylation sites (N-methyl/N-ethyl adjacent to an activating group) is 2. The third-order valence-corrected chi connectivity index (χ3v) is 2.50. The Hall–Kier alpha value is -1.10. The van der Waals surface area contributed by atoms with Gasteiger partial charge < -0.3 is 10.6 Å². The van der Waals surface area contributed by atoms with E-state index in [9.17, 15) is 4.79 Å². The monoisotopic (exact) mass is 255 g/mol. The molecule has 1 rings (SSSR count). The summed E-state index contributed by atoms with van der Waals surface area (Å²) in [6, 6.07) is 7.13. The van der Waals surface area contributed by atoms with Gasteiger partial charge in [0.2, 0.25) is 5.91 Å². The molecular formula is C12H18ClN3O. The number of hydrogen-bond donors (Lipinski definition) is 2. The van der Waals surface area contributed by atoms with Gasteiger partial charge in [-0.1, -0.05) is 17.7 Å². The number of carbonyl (C=O) groups is 1. The van der Waals surface area contributed by atoms with E-state index < -0.39 is 0 Å². The van der Waals surface area contributed by atoms with Crippen molar-refractivity contribution in [2.24, 2.45) is 0 Å². The van der Waals surface area contributed by atoms with Crippen molar-refractivity contribution in [1.82, 2.24) is 10.2 Å². The zero-order valence-electron chi connectivity index (χ0n) is 10.2. The molecule has 1 aromatic rings. The predicted octanol–water partition coefficient (Wildman–Crippen LogP) is 1.43. The van der Waals surface area contributed by atoms with Crippen LogP contribution in [0.15, 0.2) is 24.3 Å². The maximum Gasteiger partial charge on any atom is 0.238 e. The maximum absolute atomic E-state index is 11.7. The van der Waals surface area contributed by atoms with Gasteiger partial charge in [0, 0.05) is 23.8 Å². The first kappa shape index (κ1) is 14.0. The Labute approximate surface area is 107 Å². The number of nitrogens with one attached hydrogen (secondary N) is 2. The van der Waals surface area contributed by atoms with Crippen LogP contribution in [0.25, 0.3) is 0 Å². The average Bonchev–Trinajstić information content (AvgIpc) is 2.26. The van der Waals surface area contributed by atoms with Crippen molar-refractivity contribution in [1.29, 1.82) is 0 Å². The minimum atomic E-state index is -0.0362. The van der Waals surface area contributed by atoms with Crippen molar-refractivity contribution in [3.63, 3.8) is 0 Å². The Morgan fingerprint density at radius 3 is 2.88 bits per heavy atom. The van der Waals surface area contributed by atoms with Gasteiger partial charge in [-0.25, -0.2) is 0 Å². The fourth-order valence-electron chi connectivity index (χ4n) is 1.39. The standard InChI is InChI=1S/C12H18ClN3O/c1-14-6-7-16(2)9-12(17)15-11-5-3-4-10(13)8-11/h3-5,8,14H,6-7,9H2,1-2H3,(H,15,17). The van der Waals surface area contributed by atoms with E-state index in [2.05, 4.69) is 10.6 Å². The molecule has 0 fully saturated rings. The van der Waals surface area contributed by atoms with Crippen molar-refractivity contribution >= 4 is 23.2 Å². The molecule has 0 bridgehead atoms. The molecule has 94 valence electrons. The molecule has 0 aliphatic rings. The van der Waals surface area contributed by atoms with Gasteiger partial charge in [-0.3, -0.25) is 9.69 Å². The highest BCUT2D eigenvalue weighted by molar-refractivity contribution is 6.30. The van der Waals surface area contributed by atoms with E-state index in [0.717, 1.165) is 18.8 Å². The van der Waals surface area contributed by atoms with Gasteiger partial charge in [-0.05, 0) is 32.3 Å². The third-order valence-electron chi connectivity index (χ3n) is 2.27. The summed E-state index contributed by atoms with van der Waals surface area (Å²) in [4.78, 5) is 13.6. The van der Waals surface area contributed by atoms with E-state index in [1.807, 2.05) is 31.1 Å². The highest BCUT2D eigenvalue weighted by Gasteiger charge is 2.06. The average molecular weight is 256 g/mol. The molecule has 0 heterocycles. The lowest BCUT2D eigenvalue weighted by atomic mass is 10.3.